The summed E-state index contributed by atoms with van der Waals surface area (Å²) in [6.07, 6.45) is 2.57. The zero-order valence-electron chi connectivity index (χ0n) is 17.0. The van der Waals surface area contributed by atoms with Gasteiger partial charge in [0.1, 0.15) is 35.6 Å². The molecule has 3 rings (SSSR count). The van der Waals surface area contributed by atoms with Crippen LogP contribution in [-0.2, 0) is 16.9 Å². The van der Waals surface area contributed by atoms with Crippen LogP contribution in [0.25, 0.3) is 0 Å². The molecule has 1 unspecified atom stereocenters. The van der Waals surface area contributed by atoms with Gasteiger partial charge < -0.3 is 10.4 Å². The van der Waals surface area contributed by atoms with E-state index in [9.17, 15) is 28.8 Å². The lowest BCUT2D eigenvalue weighted by Gasteiger charge is -2.32. The lowest BCUT2D eigenvalue weighted by Crippen LogP contribution is -2.45. The molecule has 0 aliphatic carbocycles. The number of benzene rings is 2. The molecule has 0 saturated carbocycles. The fourth-order valence-electron chi connectivity index (χ4n) is 3.35. The van der Waals surface area contributed by atoms with Gasteiger partial charge in [-0.15, -0.1) is 0 Å². The predicted octanol–water partition coefficient (Wildman–Crippen LogP) is 1.92. The molecular weight excluding hydrogens is 426 g/mol. The van der Waals surface area contributed by atoms with Crippen LogP contribution in [0.2, 0.25) is 0 Å². The second-order valence-corrected chi connectivity index (χ2v) is 7.24. The molecule has 168 valence electrons. The molecule has 0 aliphatic heterocycles. The van der Waals surface area contributed by atoms with E-state index in [0.29, 0.717) is 6.07 Å². The van der Waals surface area contributed by atoms with Crippen LogP contribution >= 0.6 is 0 Å². The molecule has 0 radical (unpaired) electrons. The average Bonchev–Trinajstić information content (AvgIpc) is 3.20. The fourth-order valence-corrected chi connectivity index (χ4v) is 3.35. The van der Waals surface area contributed by atoms with Crippen molar-refractivity contribution in [2.45, 2.75) is 12.1 Å². The normalized spacial score (nSPS) is 13.0. The van der Waals surface area contributed by atoms with Gasteiger partial charge in [-0.05, 0) is 19.2 Å². The first-order chi connectivity index (χ1) is 15.2. The molecule has 0 saturated heterocycles. The molecule has 1 aromatic heterocycles. The molecule has 2 N–H and O–H groups in total. The van der Waals surface area contributed by atoms with E-state index in [0.717, 1.165) is 12.1 Å². The lowest BCUT2D eigenvalue weighted by atomic mass is 9.92. The van der Waals surface area contributed by atoms with E-state index in [1.807, 2.05) is 0 Å². The Bertz CT molecular complexity index is 1110. The summed E-state index contributed by atoms with van der Waals surface area (Å²) in [5.74, 6) is -2.33. The maximum Gasteiger partial charge on any atom is 0.292 e. The molecule has 10 nitrogen and oxygen atoms in total. The number of nitro benzene ring substituents is 1. The Labute approximate surface area is 181 Å². The van der Waals surface area contributed by atoms with Crippen LogP contribution in [0.3, 0.4) is 0 Å². The van der Waals surface area contributed by atoms with Gasteiger partial charge in [0.15, 0.2) is 0 Å². The summed E-state index contributed by atoms with van der Waals surface area (Å²) in [5.41, 5.74) is -2.31. The van der Waals surface area contributed by atoms with Crippen molar-refractivity contribution in [1.29, 1.82) is 0 Å². The van der Waals surface area contributed by atoms with Gasteiger partial charge in [-0.3, -0.25) is 19.8 Å². The highest BCUT2D eigenvalue weighted by Gasteiger charge is 2.35. The molecule has 0 aliphatic rings. The number of anilines is 1. The molecule has 1 atom stereocenters. The molecule has 3 aromatic rings. The Morgan fingerprint density at radius 1 is 1.31 bits per heavy atom. The predicted molar refractivity (Wildman–Crippen MR) is 109 cm³/mol. The number of para-hydroxylation sites is 2. The SMILES string of the molecule is CN(CC(=O)Nc1ccccc1[N+](=O)[O-])CC(O)(Cn1cncn1)c1ccc(F)cc1F. The molecule has 1 heterocycles. The number of rotatable bonds is 9. The topological polar surface area (TPSA) is 126 Å². The number of amides is 1. The number of nitrogens with one attached hydrogen (secondary N) is 1. The lowest BCUT2D eigenvalue weighted by molar-refractivity contribution is -0.383. The highest BCUT2D eigenvalue weighted by atomic mass is 19.1. The van der Waals surface area contributed by atoms with Gasteiger partial charge >= 0.3 is 0 Å². The van der Waals surface area contributed by atoms with Crippen LogP contribution in [0.15, 0.2) is 55.1 Å². The van der Waals surface area contributed by atoms with Crippen LogP contribution in [0.4, 0.5) is 20.2 Å². The number of aromatic nitrogens is 3. The number of carbonyl (C=O) groups excluding carboxylic acids is 1. The van der Waals surface area contributed by atoms with Gasteiger partial charge in [-0.1, -0.05) is 18.2 Å². The van der Waals surface area contributed by atoms with Crippen molar-refractivity contribution in [3.63, 3.8) is 0 Å². The van der Waals surface area contributed by atoms with E-state index in [-0.39, 0.29) is 36.6 Å². The van der Waals surface area contributed by atoms with Crippen molar-refractivity contribution in [2.75, 3.05) is 25.5 Å². The first kappa shape index (κ1) is 22.9. The third kappa shape index (κ3) is 5.47. The van der Waals surface area contributed by atoms with Crippen LogP contribution < -0.4 is 5.32 Å². The van der Waals surface area contributed by atoms with Crippen LogP contribution in [0.1, 0.15) is 5.56 Å². The van der Waals surface area contributed by atoms with E-state index < -0.39 is 28.1 Å². The van der Waals surface area contributed by atoms with E-state index in [1.54, 1.807) is 6.07 Å². The average molecular weight is 446 g/mol. The van der Waals surface area contributed by atoms with E-state index in [1.165, 1.54) is 47.5 Å². The number of nitrogens with zero attached hydrogens (tertiary/aromatic N) is 5. The van der Waals surface area contributed by atoms with Crippen LogP contribution in [0.5, 0.6) is 0 Å². The number of hydrogen-bond donors (Lipinski definition) is 2. The highest BCUT2D eigenvalue weighted by Crippen LogP contribution is 2.28. The summed E-state index contributed by atoms with van der Waals surface area (Å²) >= 11 is 0. The van der Waals surface area contributed by atoms with Crippen molar-refractivity contribution in [2.24, 2.45) is 0 Å². The minimum atomic E-state index is -1.89. The summed E-state index contributed by atoms with van der Waals surface area (Å²) in [6.45, 7) is -0.722. The van der Waals surface area contributed by atoms with Crippen LogP contribution in [-0.4, -0.2) is 55.7 Å². The minimum Gasteiger partial charge on any atom is -0.382 e. The number of likely N-dealkylation sites (N-methyl/N-ethyl adjacent to an activating group) is 1. The Morgan fingerprint density at radius 3 is 2.72 bits per heavy atom. The van der Waals surface area contributed by atoms with Crippen molar-refractivity contribution < 1.29 is 23.6 Å². The fraction of sp³-hybridized carbons (Fsp3) is 0.250. The Hall–Kier alpha value is -3.77. The van der Waals surface area contributed by atoms with Crippen molar-refractivity contribution in [1.82, 2.24) is 19.7 Å². The van der Waals surface area contributed by atoms with Gasteiger partial charge in [0.05, 0.1) is 18.0 Å². The highest BCUT2D eigenvalue weighted by molar-refractivity contribution is 5.94. The Balaban J connectivity index is 1.77. The molecular formula is C20H20F2N6O4. The summed E-state index contributed by atoms with van der Waals surface area (Å²) in [7, 11) is 1.51. The summed E-state index contributed by atoms with van der Waals surface area (Å²) < 4.78 is 29.2. The third-order valence-corrected chi connectivity index (χ3v) is 4.64. The molecule has 1 amide bonds. The van der Waals surface area contributed by atoms with Gasteiger partial charge in [0.2, 0.25) is 5.91 Å². The first-order valence-electron chi connectivity index (χ1n) is 9.40. The van der Waals surface area contributed by atoms with Crippen molar-refractivity contribution in [3.8, 4) is 0 Å². The van der Waals surface area contributed by atoms with Gasteiger partial charge in [-0.2, -0.15) is 5.10 Å². The molecule has 0 fully saturated rings. The summed E-state index contributed by atoms with van der Waals surface area (Å²) in [6, 6.07) is 8.47. The Morgan fingerprint density at radius 2 is 2.06 bits per heavy atom. The zero-order valence-corrected chi connectivity index (χ0v) is 17.0. The van der Waals surface area contributed by atoms with Gasteiger partial charge in [0, 0.05) is 24.2 Å². The summed E-state index contributed by atoms with van der Waals surface area (Å²) in [4.78, 5) is 28.1. The first-order valence-corrected chi connectivity index (χ1v) is 9.40. The number of halogens is 2. The monoisotopic (exact) mass is 446 g/mol. The number of nitro groups is 1. The molecule has 12 heteroatoms. The number of carbonyl (C=O) groups is 1. The van der Waals surface area contributed by atoms with Crippen molar-refractivity contribution >= 4 is 17.3 Å². The maximum atomic E-state index is 14.5. The van der Waals surface area contributed by atoms with E-state index in [2.05, 4.69) is 15.4 Å². The maximum absolute atomic E-state index is 14.5. The minimum absolute atomic E-state index is 0.0263. The third-order valence-electron chi connectivity index (χ3n) is 4.64. The molecule has 2 aromatic carbocycles. The van der Waals surface area contributed by atoms with E-state index >= 15 is 0 Å². The van der Waals surface area contributed by atoms with Crippen LogP contribution in [0, 0.1) is 21.7 Å². The molecule has 0 spiro atoms. The van der Waals surface area contributed by atoms with Gasteiger partial charge in [0.25, 0.3) is 5.69 Å². The molecule has 32 heavy (non-hydrogen) atoms. The number of hydrogen-bond acceptors (Lipinski definition) is 7. The summed E-state index contributed by atoms with van der Waals surface area (Å²) in [5, 5.41) is 28.8. The Kier molecular flexibility index (Phi) is 6.85. The largest absolute Gasteiger partial charge is 0.382 e. The second-order valence-electron chi connectivity index (χ2n) is 7.24. The van der Waals surface area contributed by atoms with Crippen molar-refractivity contribution in [3.05, 3.63) is 82.4 Å². The quantitative estimate of drug-likeness (QED) is 0.380. The van der Waals surface area contributed by atoms with Gasteiger partial charge in [-0.25, -0.2) is 18.4 Å². The van der Waals surface area contributed by atoms with E-state index in [4.69, 9.17) is 0 Å². The smallest absolute Gasteiger partial charge is 0.292 e. The zero-order chi connectivity index (χ0) is 23.3. The standard InChI is InChI=1S/C20H20F2N6O4/c1-26(9-19(29)25-17-4-2-3-5-18(17)28(31)32)10-20(30,11-27-13-23-12-24-27)15-7-6-14(21)8-16(15)22/h2-8,12-13,30H,9-11H2,1H3,(H,25,29). The molecule has 0 bridgehead atoms. The number of aliphatic hydroxyl groups is 1. The second kappa shape index (κ2) is 9.58.